The van der Waals surface area contributed by atoms with Gasteiger partial charge in [0.1, 0.15) is 5.75 Å². The highest BCUT2D eigenvalue weighted by molar-refractivity contribution is 7.90. The molecule has 0 radical (unpaired) electrons. The first-order chi connectivity index (χ1) is 9.63. The number of aryl methyl sites for hydroxylation is 2. The number of benzene rings is 1. The zero-order valence-electron chi connectivity index (χ0n) is 12.4. The number of sulfonamides is 2. The summed E-state index contributed by atoms with van der Waals surface area (Å²) in [7, 11) is -4.44. The minimum atomic E-state index is -3.78. The van der Waals surface area contributed by atoms with Crippen LogP contribution in [0.25, 0.3) is 0 Å². The van der Waals surface area contributed by atoms with E-state index in [9.17, 15) is 16.8 Å². The summed E-state index contributed by atoms with van der Waals surface area (Å²) < 4.78 is 56.6. The molecule has 0 fully saturated rings. The molecule has 0 unspecified atom stereocenters. The molecule has 0 bridgehead atoms. The Hall–Kier alpha value is -1.16. The smallest absolute Gasteiger partial charge is 0.241 e. The molecule has 0 heterocycles. The van der Waals surface area contributed by atoms with Crippen molar-refractivity contribution in [2.24, 2.45) is 0 Å². The SMILES string of the molecule is CNS(=O)(=O)CCNS(=O)(=O)c1c(C)cc(OC)cc1C. The van der Waals surface area contributed by atoms with Crippen molar-refractivity contribution in [3.8, 4) is 5.75 Å². The Morgan fingerprint density at radius 2 is 1.62 bits per heavy atom. The van der Waals surface area contributed by atoms with Gasteiger partial charge in [-0.2, -0.15) is 0 Å². The van der Waals surface area contributed by atoms with Gasteiger partial charge in [-0.25, -0.2) is 26.3 Å². The maximum Gasteiger partial charge on any atom is 0.241 e. The van der Waals surface area contributed by atoms with Gasteiger partial charge in [0.15, 0.2) is 0 Å². The third kappa shape index (κ3) is 4.67. The lowest BCUT2D eigenvalue weighted by Crippen LogP contribution is -2.33. The summed E-state index contributed by atoms with van der Waals surface area (Å²) in [5, 5.41) is 0. The topological polar surface area (TPSA) is 102 Å². The van der Waals surface area contributed by atoms with Crippen molar-refractivity contribution in [1.82, 2.24) is 9.44 Å². The Bertz CT molecular complexity index is 688. The molecule has 0 aromatic heterocycles. The van der Waals surface area contributed by atoms with E-state index in [1.807, 2.05) is 0 Å². The fraction of sp³-hybridized carbons (Fsp3) is 0.500. The van der Waals surface area contributed by atoms with Crippen molar-refractivity contribution in [3.63, 3.8) is 0 Å². The van der Waals surface area contributed by atoms with Crippen molar-refractivity contribution >= 4 is 20.0 Å². The van der Waals surface area contributed by atoms with Crippen LogP contribution in [0.5, 0.6) is 5.75 Å². The molecule has 0 aliphatic heterocycles. The summed E-state index contributed by atoms with van der Waals surface area (Å²) in [4.78, 5) is 0.144. The van der Waals surface area contributed by atoms with Crippen LogP contribution in [0.4, 0.5) is 0 Å². The lowest BCUT2D eigenvalue weighted by molar-refractivity contribution is 0.413. The predicted molar refractivity (Wildman–Crippen MR) is 80.5 cm³/mol. The fourth-order valence-corrected chi connectivity index (χ4v) is 4.12. The van der Waals surface area contributed by atoms with Gasteiger partial charge in [0.05, 0.1) is 17.8 Å². The van der Waals surface area contributed by atoms with Gasteiger partial charge in [0, 0.05) is 6.54 Å². The van der Waals surface area contributed by atoms with Gasteiger partial charge in [-0.05, 0) is 44.2 Å². The molecule has 0 aliphatic rings. The Labute approximate surface area is 125 Å². The summed E-state index contributed by atoms with van der Waals surface area (Å²) >= 11 is 0. The first kappa shape index (κ1) is 17.9. The molecule has 9 heteroatoms. The van der Waals surface area contributed by atoms with Crippen molar-refractivity contribution in [2.75, 3.05) is 26.5 Å². The Balaban J connectivity index is 2.99. The van der Waals surface area contributed by atoms with Gasteiger partial charge in [-0.3, -0.25) is 0 Å². The highest BCUT2D eigenvalue weighted by atomic mass is 32.2. The molecule has 21 heavy (non-hydrogen) atoms. The summed E-state index contributed by atoms with van der Waals surface area (Å²) in [5.41, 5.74) is 1.08. The van der Waals surface area contributed by atoms with Crippen molar-refractivity contribution in [2.45, 2.75) is 18.7 Å². The zero-order chi connectivity index (χ0) is 16.3. The minimum absolute atomic E-state index is 0.144. The summed E-state index contributed by atoms with van der Waals surface area (Å²) in [6.45, 7) is 3.12. The average Bonchev–Trinajstić information content (AvgIpc) is 2.36. The van der Waals surface area contributed by atoms with Gasteiger partial charge in [0.2, 0.25) is 20.0 Å². The van der Waals surface area contributed by atoms with Gasteiger partial charge >= 0.3 is 0 Å². The van der Waals surface area contributed by atoms with Crippen LogP contribution in [0, 0.1) is 13.8 Å². The molecule has 1 aromatic rings. The lowest BCUT2D eigenvalue weighted by Gasteiger charge is -2.13. The van der Waals surface area contributed by atoms with Crippen LogP contribution < -0.4 is 14.2 Å². The maximum atomic E-state index is 12.3. The molecular formula is C12H20N2O5S2. The monoisotopic (exact) mass is 336 g/mol. The molecular weight excluding hydrogens is 316 g/mol. The second kappa shape index (κ2) is 6.73. The zero-order valence-corrected chi connectivity index (χ0v) is 14.1. The third-order valence-corrected chi connectivity index (χ3v) is 6.04. The van der Waals surface area contributed by atoms with Crippen LogP contribution >= 0.6 is 0 Å². The Morgan fingerprint density at radius 3 is 2.05 bits per heavy atom. The Kier molecular flexibility index (Phi) is 5.74. The van der Waals surface area contributed by atoms with E-state index >= 15 is 0 Å². The van der Waals surface area contributed by atoms with Crippen LogP contribution in [-0.4, -0.2) is 43.3 Å². The summed E-state index contributed by atoms with van der Waals surface area (Å²) in [6.07, 6.45) is 0. The largest absolute Gasteiger partial charge is 0.497 e. The van der Waals surface area contributed by atoms with E-state index in [0.29, 0.717) is 16.9 Å². The van der Waals surface area contributed by atoms with E-state index in [2.05, 4.69) is 9.44 Å². The second-order valence-electron chi connectivity index (χ2n) is 4.51. The average molecular weight is 336 g/mol. The van der Waals surface area contributed by atoms with Gasteiger partial charge < -0.3 is 4.74 Å². The van der Waals surface area contributed by atoms with E-state index in [0.717, 1.165) is 0 Å². The number of rotatable bonds is 7. The van der Waals surface area contributed by atoms with Gasteiger partial charge in [0.25, 0.3) is 0 Å². The fourth-order valence-electron chi connectivity index (χ4n) is 1.94. The highest BCUT2D eigenvalue weighted by Crippen LogP contribution is 2.25. The molecule has 0 spiro atoms. The van der Waals surface area contributed by atoms with Crippen molar-refractivity contribution in [3.05, 3.63) is 23.3 Å². The minimum Gasteiger partial charge on any atom is -0.497 e. The molecule has 0 saturated carbocycles. The van der Waals surface area contributed by atoms with Crippen LogP contribution in [0.2, 0.25) is 0 Å². The standard InChI is InChI=1S/C12H20N2O5S2/c1-9-7-11(19-4)8-10(2)12(9)21(17,18)14-5-6-20(15,16)13-3/h7-8,13-14H,5-6H2,1-4H3. The maximum absolute atomic E-state index is 12.3. The van der Waals surface area contributed by atoms with Crippen molar-refractivity contribution < 1.29 is 21.6 Å². The van der Waals surface area contributed by atoms with Gasteiger partial charge in [-0.1, -0.05) is 0 Å². The molecule has 0 amide bonds. The second-order valence-corrected chi connectivity index (χ2v) is 8.26. The van der Waals surface area contributed by atoms with Crippen LogP contribution in [-0.2, 0) is 20.0 Å². The summed E-state index contributed by atoms with van der Waals surface area (Å²) in [6, 6.07) is 3.23. The van der Waals surface area contributed by atoms with Crippen LogP contribution in [0.15, 0.2) is 17.0 Å². The first-order valence-corrected chi connectivity index (χ1v) is 9.32. The number of hydrogen-bond acceptors (Lipinski definition) is 5. The highest BCUT2D eigenvalue weighted by Gasteiger charge is 2.21. The summed E-state index contributed by atoms with van der Waals surface area (Å²) in [5.74, 6) is 0.249. The quantitative estimate of drug-likeness (QED) is 0.737. The lowest BCUT2D eigenvalue weighted by atomic mass is 10.1. The van der Waals surface area contributed by atoms with Crippen LogP contribution in [0.1, 0.15) is 11.1 Å². The number of hydrogen-bond donors (Lipinski definition) is 2. The molecule has 1 aromatic carbocycles. The molecule has 0 aliphatic carbocycles. The van der Waals surface area contributed by atoms with E-state index in [4.69, 9.17) is 4.74 Å². The number of ether oxygens (including phenoxy) is 1. The molecule has 0 saturated heterocycles. The molecule has 120 valence electrons. The molecule has 7 nitrogen and oxygen atoms in total. The third-order valence-electron chi connectivity index (χ3n) is 2.91. The normalized spacial score (nSPS) is 12.4. The van der Waals surface area contributed by atoms with E-state index in [1.165, 1.54) is 14.2 Å². The molecule has 0 atom stereocenters. The molecule has 2 N–H and O–H groups in total. The van der Waals surface area contributed by atoms with E-state index in [-0.39, 0.29) is 17.2 Å². The van der Waals surface area contributed by atoms with Crippen LogP contribution in [0.3, 0.4) is 0 Å². The first-order valence-electron chi connectivity index (χ1n) is 6.19. The Morgan fingerprint density at radius 1 is 1.10 bits per heavy atom. The molecule has 1 rings (SSSR count). The van der Waals surface area contributed by atoms with Crippen molar-refractivity contribution in [1.29, 1.82) is 0 Å². The predicted octanol–water partition coefficient (Wildman–Crippen LogP) is 0.140. The van der Waals surface area contributed by atoms with E-state index < -0.39 is 20.0 Å². The van der Waals surface area contributed by atoms with E-state index in [1.54, 1.807) is 26.0 Å². The van der Waals surface area contributed by atoms with Gasteiger partial charge in [-0.15, -0.1) is 0 Å². The number of nitrogens with one attached hydrogen (secondary N) is 2. The number of methoxy groups -OCH3 is 1.